The van der Waals surface area contributed by atoms with Crippen LogP contribution in [0.15, 0.2) is 29.3 Å². The minimum Gasteiger partial charge on any atom is -0.492 e. The molecule has 1 spiro atoms. The second kappa shape index (κ2) is 8.55. The molecule has 1 aromatic rings. The fraction of sp³-hybridized carbons (Fsp3) is 0.667. The monoisotopic (exact) mass is 485 g/mol. The lowest BCUT2D eigenvalue weighted by Gasteiger charge is -2.63. The fourth-order valence-electron chi connectivity index (χ4n) is 4.98. The summed E-state index contributed by atoms with van der Waals surface area (Å²) in [5.41, 5.74) is 1.62. The number of rotatable bonds is 5. The van der Waals surface area contributed by atoms with Crippen LogP contribution in [0.1, 0.15) is 31.2 Å². The second-order valence-electron chi connectivity index (χ2n) is 8.08. The summed E-state index contributed by atoms with van der Waals surface area (Å²) in [6, 6.07) is 8.72. The van der Waals surface area contributed by atoms with E-state index in [9.17, 15) is 0 Å². The van der Waals surface area contributed by atoms with Gasteiger partial charge in [-0.05, 0) is 38.3 Å². The SMILES string of the molecule is CN=C(NC1C2CCOC2C12CCC2)N(C)CCOc1ccc(C)cc1.I. The Morgan fingerprint density at radius 3 is 2.70 bits per heavy atom. The Labute approximate surface area is 179 Å². The van der Waals surface area contributed by atoms with Crippen molar-refractivity contribution in [3.8, 4) is 5.75 Å². The molecule has 0 amide bonds. The van der Waals surface area contributed by atoms with Crippen LogP contribution in [0, 0.1) is 18.3 Å². The number of hydrogen-bond acceptors (Lipinski definition) is 3. The number of nitrogens with one attached hydrogen (secondary N) is 1. The van der Waals surface area contributed by atoms with E-state index in [2.05, 4.69) is 41.3 Å². The molecule has 0 radical (unpaired) electrons. The van der Waals surface area contributed by atoms with Crippen molar-refractivity contribution < 1.29 is 9.47 Å². The molecule has 4 rings (SSSR count). The lowest BCUT2D eigenvalue weighted by molar-refractivity contribution is -0.171. The number of benzene rings is 1. The summed E-state index contributed by atoms with van der Waals surface area (Å²) in [6.07, 6.45) is 5.60. The maximum absolute atomic E-state index is 6.02. The van der Waals surface area contributed by atoms with Crippen molar-refractivity contribution in [2.45, 2.75) is 44.8 Å². The molecule has 3 unspecified atom stereocenters. The largest absolute Gasteiger partial charge is 0.492 e. The number of guanidine groups is 1. The lowest BCUT2D eigenvalue weighted by atomic mass is 9.46. The Balaban J connectivity index is 0.00000210. The fourth-order valence-corrected chi connectivity index (χ4v) is 4.98. The third kappa shape index (κ3) is 3.79. The highest BCUT2D eigenvalue weighted by molar-refractivity contribution is 14.0. The number of hydrogen-bond donors (Lipinski definition) is 1. The maximum Gasteiger partial charge on any atom is 0.193 e. The Kier molecular flexibility index (Phi) is 6.56. The van der Waals surface area contributed by atoms with Gasteiger partial charge in [-0.25, -0.2) is 0 Å². The molecule has 3 fully saturated rings. The topological polar surface area (TPSA) is 46.1 Å². The van der Waals surface area contributed by atoms with Crippen LogP contribution in [-0.4, -0.2) is 56.9 Å². The number of likely N-dealkylation sites (N-methyl/N-ethyl adjacent to an activating group) is 1. The minimum atomic E-state index is 0. The first-order chi connectivity index (χ1) is 12.6. The van der Waals surface area contributed by atoms with Gasteiger partial charge in [0, 0.05) is 38.1 Å². The number of nitrogens with zero attached hydrogens (tertiary/aromatic N) is 2. The lowest BCUT2D eigenvalue weighted by Crippen LogP contribution is -2.72. The van der Waals surface area contributed by atoms with E-state index in [1.54, 1.807) is 0 Å². The van der Waals surface area contributed by atoms with Crippen molar-refractivity contribution in [3.63, 3.8) is 0 Å². The van der Waals surface area contributed by atoms with Gasteiger partial charge >= 0.3 is 0 Å². The van der Waals surface area contributed by atoms with Crippen molar-refractivity contribution in [1.82, 2.24) is 10.2 Å². The average Bonchev–Trinajstić information content (AvgIpc) is 3.01. The molecule has 6 heteroatoms. The van der Waals surface area contributed by atoms with E-state index < -0.39 is 0 Å². The predicted molar refractivity (Wildman–Crippen MR) is 119 cm³/mol. The number of ether oxygens (including phenoxy) is 2. The first kappa shape index (κ1) is 20.7. The van der Waals surface area contributed by atoms with Crippen molar-refractivity contribution in [3.05, 3.63) is 29.8 Å². The van der Waals surface area contributed by atoms with Crippen LogP contribution < -0.4 is 10.1 Å². The van der Waals surface area contributed by atoms with Crippen LogP contribution in [-0.2, 0) is 4.74 Å². The van der Waals surface area contributed by atoms with Gasteiger partial charge in [-0.1, -0.05) is 24.1 Å². The molecule has 2 saturated carbocycles. The third-order valence-electron chi connectivity index (χ3n) is 6.61. The normalized spacial score (nSPS) is 27.8. The van der Waals surface area contributed by atoms with Crippen LogP contribution in [0.25, 0.3) is 0 Å². The molecule has 0 aromatic heterocycles. The van der Waals surface area contributed by atoms with Gasteiger partial charge in [0.25, 0.3) is 0 Å². The molecule has 150 valence electrons. The number of halogens is 1. The second-order valence-corrected chi connectivity index (χ2v) is 8.08. The number of aliphatic imine (C=N–C) groups is 1. The van der Waals surface area contributed by atoms with E-state index >= 15 is 0 Å². The molecule has 0 bridgehead atoms. The van der Waals surface area contributed by atoms with Gasteiger partial charge in [0.15, 0.2) is 5.96 Å². The Morgan fingerprint density at radius 1 is 1.33 bits per heavy atom. The van der Waals surface area contributed by atoms with Crippen LogP contribution in [0.2, 0.25) is 0 Å². The van der Waals surface area contributed by atoms with Crippen molar-refractivity contribution in [2.75, 3.05) is 33.9 Å². The number of aryl methyl sites for hydroxylation is 1. The average molecular weight is 485 g/mol. The van der Waals surface area contributed by atoms with Crippen LogP contribution >= 0.6 is 24.0 Å². The zero-order valence-electron chi connectivity index (χ0n) is 16.6. The van der Waals surface area contributed by atoms with E-state index in [0.717, 1.165) is 24.9 Å². The van der Waals surface area contributed by atoms with E-state index in [4.69, 9.17) is 9.47 Å². The molecular formula is C21H32IN3O2. The van der Waals surface area contributed by atoms with Crippen LogP contribution in [0.4, 0.5) is 0 Å². The van der Waals surface area contributed by atoms with E-state index in [1.807, 2.05) is 19.2 Å². The molecule has 1 aromatic carbocycles. The summed E-state index contributed by atoms with van der Waals surface area (Å²) in [5, 5.41) is 3.76. The molecule has 1 N–H and O–H groups in total. The Morgan fingerprint density at radius 2 is 2.07 bits per heavy atom. The number of fused-ring (bicyclic) bond motifs is 2. The zero-order chi connectivity index (χ0) is 18.1. The van der Waals surface area contributed by atoms with Gasteiger partial charge in [-0.2, -0.15) is 0 Å². The molecule has 5 nitrogen and oxygen atoms in total. The van der Waals surface area contributed by atoms with Gasteiger partial charge in [0.1, 0.15) is 12.4 Å². The van der Waals surface area contributed by atoms with Gasteiger partial charge in [0.05, 0.1) is 12.6 Å². The summed E-state index contributed by atoms with van der Waals surface area (Å²) in [6.45, 7) is 4.46. The van der Waals surface area contributed by atoms with Gasteiger partial charge < -0.3 is 19.7 Å². The van der Waals surface area contributed by atoms with E-state index in [-0.39, 0.29) is 24.0 Å². The molecular weight excluding hydrogens is 453 g/mol. The highest BCUT2D eigenvalue weighted by Gasteiger charge is 2.66. The van der Waals surface area contributed by atoms with Gasteiger partial charge in [-0.3, -0.25) is 4.99 Å². The zero-order valence-corrected chi connectivity index (χ0v) is 18.9. The summed E-state index contributed by atoms with van der Waals surface area (Å²) >= 11 is 0. The highest BCUT2D eigenvalue weighted by atomic mass is 127. The molecule has 3 aliphatic rings. The first-order valence-electron chi connectivity index (χ1n) is 9.89. The molecule has 1 heterocycles. The van der Waals surface area contributed by atoms with Gasteiger partial charge in [0.2, 0.25) is 0 Å². The highest BCUT2D eigenvalue weighted by Crippen LogP contribution is 2.62. The van der Waals surface area contributed by atoms with Gasteiger partial charge in [-0.15, -0.1) is 24.0 Å². The molecule has 2 aliphatic carbocycles. The van der Waals surface area contributed by atoms with Crippen molar-refractivity contribution in [1.29, 1.82) is 0 Å². The Bertz CT molecular complexity index is 660. The first-order valence-corrected chi connectivity index (χ1v) is 9.89. The molecule has 27 heavy (non-hydrogen) atoms. The Hall–Kier alpha value is -1.02. The molecule has 1 saturated heterocycles. The van der Waals surface area contributed by atoms with Crippen LogP contribution in [0.3, 0.4) is 0 Å². The standard InChI is InChI=1S/C21H31N3O2.HI/c1-15-5-7-16(8-6-15)25-14-12-24(3)20(22-2)23-18-17-9-13-26-19(17)21(18)10-4-11-21;/h5-8,17-19H,4,9-14H2,1-3H3,(H,22,23);1H. The van der Waals surface area contributed by atoms with E-state index in [0.29, 0.717) is 30.1 Å². The van der Waals surface area contributed by atoms with Crippen molar-refractivity contribution >= 4 is 29.9 Å². The maximum atomic E-state index is 6.02. The van der Waals surface area contributed by atoms with Crippen molar-refractivity contribution in [2.24, 2.45) is 16.3 Å². The minimum absolute atomic E-state index is 0. The van der Waals surface area contributed by atoms with Crippen LogP contribution in [0.5, 0.6) is 5.75 Å². The summed E-state index contributed by atoms with van der Waals surface area (Å²) in [4.78, 5) is 6.69. The quantitative estimate of drug-likeness (QED) is 0.395. The molecule has 1 aliphatic heterocycles. The summed E-state index contributed by atoms with van der Waals surface area (Å²) in [7, 11) is 3.96. The van der Waals surface area contributed by atoms with E-state index in [1.165, 1.54) is 31.2 Å². The summed E-state index contributed by atoms with van der Waals surface area (Å²) in [5.74, 6) is 2.55. The molecule has 3 atom stereocenters. The smallest absolute Gasteiger partial charge is 0.193 e. The third-order valence-corrected chi connectivity index (χ3v) is 6.61. The summed E-state index contributed by atoms with van der Waals surface area (Å²) < 4.78 is 11.9. The predicted octanol–water partition coefficient (Wildman–Crippen LogP) is 3.46.